The van der Waals surface area contributed by atoms with Gasteiger partial charge in [0.25, 0.3) is 0 Å². The number of amides is 2. The predicted molar refractivity (Wildman–Crippen MR) is 78.6 cm³/mol. The van der Waals surface area contributed by atoms with Gasteiger partial charge < -0.3 is 15.4 Å². The number of halogens is 1. The molecule has 0 saturated heterocycles. The van der Waals surface area contributed by atoms with E-state index >= 15 is 0 Å². The Morgan fingerprint density at radius 3 is 2.57 bits per heavy atom. The van der Waals surface area contributed by atoms with Crippen LogP contribution in [0.25, 0.3) is 0 Å². The topological polar surface area (TPSA) is 67.4 Å². The summed E-state index contributed by atoms with van der Waals surface area (Å²) in [5.41, 5.74) is 0.727. The van der Waals surface area contributed by atoms with E-state index < -0.39 is 23.9 Å². The second-order valence-electron chi connectivity index (χ2n) is 5.26. The van der Waals surface area contributed by atoms with Crippen LogP contribution in [0.1, 0.15) is 26.3 Å². The van der Waals surface area contributed by atoms with E-state index in [-0.39, 0.29) is 12.5 Å². The molecule has 0 saturated carbocycles. The number of hydrogen-bond acceptors (Lipinski definition) is 3. The van der Waals surface area contributed by atoms with Gasteiger partial charge in [-0.15, -0.1) is 0 Å². The molecule has 21 heavy (non-hydrogen) atoms. The molecule has 2 amide bonds. The lowest BCUT2D eigenvalue weighted by Crippen LogP contribution is -2.42. The van der Waals surface area contributed by atoms with Crippen LogP contribution in [0.3, 0.4) is 0 Å². The summed E-state index contributed by atoms with van der Waals surface area (Å²) in [7, 11) is 0. The van der Waals surface area contributed by atoms with Crippen molar-refractivity contribution in [2.75, 3.05) is 11.9 Å². The highest BCUT2D eigenvalue weighted by atomic mass is 19.1. The first-order chi connectivity index (χ1) is 9.81. The predicted octanol–water partition coefficient (Wildman–Crippen LogP) is 2.84. The quantitative estimate of drug-likeness (QED) is 0.878. The number of anilines is 1. The number of hydrogen-bond donors (Lipinski definition) is 2. The molecule has 6 heteroatoms. The van der Waals surface area contributed by atoms with E-state index in [1.807, 2.05) is 13.8 Å². The van der Waals surface area contributed by atoms with Gasteiger partial charge in [0.1, 0.15) is 11.9 Å². The van der Waals surface area contributed by atoms with E-state index in [0.29, 0.717) is 11.3 Å². The largest absolute Gasteiger partial charge is 0.449 e. The third-order valence-corrected chi connectivity index (χ3v) is 2.80. The van der Waals surface area contributed by atoms with Gasteiger partial charge in [-0.2, -0.15) is 0 Å². The Morgan fingerprint density at radius 1 is 1.29 bits per heavy atom. The molecule has 1 aromatic carbocycles. The fraction of sp³-hybridized carbons (Fsp3) is 0.467. The van der Waals surface area contributed by atoms with Gasteiger partial charge in [-0.1, -0.05) is 19.9 Å². The third kappa shape index (κ3) is 5.41. The normalized spacial score (nSPS) is 11.9. The molecule has 1 atom stereocenters. The summed E-state index contributed by atoms with van der Waals surface area (Å²) in [6, 6.07) is 3.63. The first-order valence-electron chi connectivity index (χ1n) is 6.80. The van der Waals surface area contributed by atoms with Crippen LogP contribution in [-0.4, -0.2) is 24.6 Å². The molecule has 0 aliphatic rings. The van der Waals surface area contributed by atoms with Crippen molar-refractivity contribution in [2.45, 2.75) is 33.7 Å². The molecule has 0 spiro atoms. The van der Waals surface area contributed by atoms with Crippen LogP contribution in [0.2, 0.25) is 0 Å². The number of carbonyl (C=O) groups excluding carboxylic acids is 2. The van der Waals surface area contributed by atoms with Crippen LogP contribution in [0.5, 0.6) is 0 Å². The minimum Gasteiger partial charge on any atom is -0.449 e. The standard InChI is InChI=1S/C15H21FN2O3/c1-9(2)8-21-15(20)17-11(4)14(19)18-13-7-5-6-12(16)10(13)3/h5-7,9,11H,8H2,1-4H3,(H,17,20)(H,18,19)/t11-/m0/s1. The maximum atomic E-state index is 13.4. The third-order valence-electron chi connectivity index (χ3n) is 2.80. The fourth-order valence-corrected chi connectivity index (χ4v) is 1.51. The Labute approximate surface area is 123 Å². The fourth-order valence-electron chi connectivity index (χ4n) is 1.51. The van der Waals surface area contributed by atoms with Crippen LogP contribution in [0, 0.1) is 18.7 Å². The van der Waals surface area contributed by atoms with Crippen molar-refractivity contribution in [3.63, 3.8) is 0 Å². The minimum atomic E-state index is -0.785. The van der Waals surface area contributed by atoms with Gasteiger partial charge in [0.15, 0.2) is 0 Å². The molecule has 1 rings (SSSR count). The van der Waals surface area contributed by atoms with Gasteiger partial charge in [-0.3, -0.25) is 4.79 Å². The number of carbonyl (C=O) groups is 2. The first kappa shape index (κ1) is 16.9. The van der Waals surface area contributed by atoms with Crippen molar-refractivity contribution >= 4 is 17.7 Å². The molecule has 0 heterocycles. The minimum absolute atomic E-state index is 0.217. The van der Waals surface area contributed by atoms with Crippen molar-refractivity contribution < 1.29 is 18.7 Å². The van der Waals surface area contributed by atoms with Crippen LogP contribution in [-0.2, 0) is 9.53 Å². The van der Waals surface area contributed by atoms with E-state index in [1.54, 1.807) is 13.0 Å². The van der Waals surface area contributed by atoms with E-state index in [1.165, 1.54) is 19.1 Å². The van der Waals surface area contributed by atoms with Crippen molar-refractivity contribution in [3.8, 4) is 0 Å². The Morgan fingerprint density at radius 2 is 1.95 bits per heavy atom. The summed E-state index contributed by atoms with van der Waals surface area (Å²) in [5.74, 6) is -0.621. The van der Waals surface area contributed by atoms with Gasteiger partial charge in [0, 0.05) is 11.3 Å². The maximum Gasteiger partial charge on any atom is 0.407 e. The molecule has 116 valence electrons. The molecule has 5 nitrogen and oxygen atoms in total. The second-order valence-corrected chi connectivity index (χ2v) is 5.26. The summed E-state index contributed by atoms with van der Waals surface area (Å²) < 4.78 is 18.3. The lowest BCUT2D eigenvalue weighted by atomic mass is 10.2. The zero-order valence-electron chi connectivity index (χ0n) is 12.7. The Kier molecular flexibility index (Phi) is 6.14. The SMILES string of the molecule is Cc1c(F)cccc1NC(=O)[C@H](C)NC(=O)OCC(C)C. The Balaban J connectivity index is 2.55. The van der Waals surface area contributed by atoms with E-state index in [0.717, 1.165) is 0 Å². The molecule has 0 aliphatic heterocycles. The van der Waals surface area contributed by atoms with Crippen molar-refractivity contribution in [1.29, 1.82) is 0 Å². The van der Waals surface area contributed by atoms with E-state index in [9.17, 15) is 14.0 Å². The smallest absolute Gasteiger partial charge is 0.407 e. The number of alkyl carbamates (subject to hydrolysis) is 1. The summed E-state index contributed by atoms with van der Waals surface area (Å²) >= 11 is 0. The number of rotatable bonds is 5. The molecule has 0 unspecified atom stereocenters. The molecule has 0 bridgehead atoms. The number of ether oxygens (including phenoxy) is 1. The van der Waals surface area contributed by atoms with Gasteiger partial charge in [0.05, 0.1) is 6.61 Å². The van der Waals surface area contributed by atoms with Crippen molar-refractivity contribution in [3.05, 3.63) is 29.6 Å². The lowest BCUT2D eigenvalue weighted by molar-refractivity contribution is -0.117. The first-order valence-corrected chi connectivity index (χ1v) is 6.80. The molecule has 0 aliphatic carbocycles. The van der Waals surface area contributed by atoms with Gasteiger partial charge >= 0.3 is 6.09 Å². The molecular weight excluding hydrogens is 275 g/mol. The highest BCUT2D eigenvalue weighted by Crippen LogP contribution is 2.17. The van der Waals surface area contributed by atoms with Crippen molar-refractivity contribution in [2.24, 2.45) is 5.92 Å². The highest BCUT2D eigenvalue weighted by molar-refractivity contribution is 5.96. The average Bonchev–Trinajstić information content (AvgIpc) is 2.41. The molecule has 0 radical (unpaired) electrons. The average molecular weight is 296 g/mol. The summed E-state index contributed by atoms with van der Waals surface area (Å²) in [6.45, 7) is 7.20. The molecule has 2 N–H and O–H groups in total. The maximum absolute atomic E-state index is 13.4. The Bertz CT molecular complexity index is 518. The lowest BCUT2D eigenvalue weighted by Gasteiger charge is -2.16. The van der Waals surface area contributed by atoms with Crippen LogP contribution < -0.4 is 10.6 Å². The van der Waals surface area contributed by atoms with Gasteiger partial charge in [-0.25, -0.2) is 9.18 Å². The molecule has 0 fully saturated rings. The summed E-state index contributed by atoms with van der Waals surface area (Å²) in [5, 5.41) is 4.99. The number of benzene rings is 1. The van der Waals surface area contributed by atoms with Gasteiger partial charge in [-0.05, 0) is 31.9 Å². The molecular formula is C15H21FN2O3. The monoisotopic (exact) mass is 296 g/mol. The zero-order valence-corrected chi connectivity index (χ0v) is 12.7. The molecule has 1 aromatic rings. The summed E-state index contributed by atoms with van der Waals surface area (Å²) in [6.07, 6.45) is -0.651. The van der Waals surface area contributed by atoms with Crippen LogP contribution >= 0.6 is 0 Å². The second kappa shape index (κ2) is 7.61. The van der Waals surface area contributed by atoms with Crippen LogP contribution in [0.15, 0.2) is 18.2 Å². The summed E-state index contributed by atoms with van der Waals surface area (Å²) in [4.78, 5) is 23.4. The van der Waals surface area contributed by atoms with Crippen LogP contribution in [0.4, 0.5) is 14.9 Å². The number of nitrogens with one attached hydrogen (secondary N) is 2. The Hall–Kier alpha value is -2.11. The van der Waals surface area contributed by atoms with Gasteiger partial charge in [0.2, 0.25) is 5.91 Å². The highest BCUT2D eigenvalue weighted by Gasteiger charge is 2.17. The molecule has 0 aromatic heterocycles. The van der Waals surface area contributed by atoms with E-state index in [4.69, 9.17) is 4.74 Å². The zero-order chi connectivity index (χ0) is 16.0. The van der Waals surface area contributed by atoms with E-state index in [2.05, 4.69) is 10.6 Å². The van der Waals surface area contributed by atoms with Crippen molar-refractivity contribution in [1.82, 2.24) is 5.32 Å².